The number of hydrogen-bond donors (Lipinski definition) is 0. The topological polar surface area (TPSA) is 17.8 Å². The molecule has 0 aromatic carbocycles. The molecule has 0 amide bonds. The van der Waals surface area contributed by atoms with Crippen LogP contribution in [0.1, 0.15) is 65.6 Å². The van der Waals surface area contributed by atoms with E-state index in [-0.39, 0.29) is 0 Å². The van der Waals surface area contributed by atoms with Crippen LogP contribution in [0.15, 0.2) is 12.3 Å². The largest absolute Gasteiger partial charge is 0.269 e. The van der Waals surface area contributed by atoms with E-state index in [1.165, 1.54) is 12.1 Å². The SMILES string of the molecule is CCC(CC)n1ccc(CC(C)(C)CC(C)Br)n1. The third-order valence-corrected chi connectivity index (χ3v) is 3.80. The molecule has 1 unspecified atom stereocenters. The summed E-state index contributed by atoms with van der Waals surface area (Å²) in [6, 6.07) is 2.73. The second-order valence-corrected chi connectivity index (χ2v) is 7.65. The molecule has 0 saturated heterocycles. The van der Waals surface area contributed by atoms with Gasteiger partial charge in [0.2, 0.25) is 0 Å². The molecule has 0 aliphatic heterocycles. The fourth-order valence-electron chi connectivity index (χ4n) is 2.66. The maximum absolute atomic E-state index is 4.75. The minimum absolute atomic E-state index is 0.302. The van der Waals surface area contributed by atoms with Gasteiger partial charge in [-0.3, -0.25) is 4.68 Å². The Labute approximate surface area is 120 Å². The molecule has 3 heteroatoms. The van der Waals surface area contributed by atoms with Crippen LogP contribution in [0.4, 0.5) is 0 Å². The Morgan fingerprint density at radius 1 is 1.33 bits per heavy atom. The van der Waals surface area contributed by atoms with Gasteiger partial charge in [0, 0.05) is 11.0 Å². The van der Waals surface area contributed by atoms with E-state index < -0.39 is 0 Å². The molecular formula is C15H27BrN2. The Bertz CT molecular complexity index is 351. The van der Waals surface area contributed by atoms with E-state index in [0.717, 1.165) is 19.3 Å². The molecule has 18 heavy (non-hydrogen) atoms. The van der Waals surface area contributed by atoms with Crippen molar-refractivity contribution in [2.45, 2.75) is 71.2 Å². The molecule has 1 aromatic heterocycles. The molecule has 0 fully saturated rings. The molecule has 1 atom stereocenters. The van der Waals surface area contributed by atoms with Crippen LogP contribution >= 0.6 is 15.9 Å². The lowest BCUT2D eigenvalue weighted by Gasteiger charge is -2.25. The van der Waals surface area contributed by atoms with Gasteiger partial charge in [0.1, 0.15) is 0 Å². The normalized spacial score (nSPS) is 14.2. The van der Waals surface area contributed by atoms with E-state index in [2.05, 4.69) is 67.5 Å². The number of alkyl halides is 1. The number of rotatable bonds is 7. The number of hydrogen-bond acceptors (Lipinski definition) is 1. The predicted octanol–water partition coefficient (Wildman–Crippen LogP) is 4.99. The van der Waals surface area contributed by atoms with Gasteiger partial charge in [-0.1, -0.05) is 50.5 Å². The quantitative estimate of drug-likeness (QED) is 0.648. The molecule has 0 bridgehead atoms. The zero-order chi connectivity index (χ0) is 13.8. The third kappa shape index (κ3) is 4.75. The summed E-state index contributed by atoms with van der Waals surface area (Å²) in [6.07, 6.45) is 6.67. The Morgan fingerprint density at radius 2 is 1.94 bits per heavy atom. The van der Waals surface area contributed by atoms with Crippen molar-refractivity contribution in [2.75, 3.05) is 0 Å². The highest BCUT2D eigenvalue weighted by Gasteiger charge is 2.22. The van der Waals surface area contributed by atoms with Gasteiger partial charge in [-0.15, -0.1) is 0 Å². The maximum atomic E-state index is 4.75. The summed E-state index contributed by atoms with van der Waals surface area (Å²) in [4.78, 5) is 0.564. The lowest BCUT2D eigenvalue weighted by Crippen LogP contribution is -2.19. The van der Waals surface area contributed by atoms with Gasteiger partial charge in [0.05, 0.1) is 11.7 Å². The highest BCUT2D eigenvalue weighted by atomic mass is 79.9. The van der Waals surface area contributed by atoms with Crippen molar-refractivity contribution in [3.63, 3.8) is 0 Å². The molecule has 1 heterocycles. The van der Waals surface area contributed by atoms with Crippen LogP contribution in [0.25, 0.3) is 0 Å². The molecule has 0 aliphatic carbocycles. The average molecular weight is 315 g/mol. The summed E-state index contributed by atoms with van der Waals surface area (Å²) in [7, 11) is 0. The first kappa shape index (κ1) is 15.7. The minimum Gasteiger partial charge on any atom is -0.269 e. The summed E-state index contributed by atoms with van der Waals surface area (Å²) in [5.41, 5.74) is 1.52. The standard InChI is InChI=1S/C15H27BrN2/c1-6-14(7-2)18-9-8-13(17-18)11-15(4,5)10-12(3)16/h8-9,12,14H,6-7,10-11H2,1-5H3. The lowest BCUT2D eigenvalue weighted by molar-refractivity contribution is 0.327. The van der Waals surface area contributed by atoms with Gasteiger partial charge < -0.3 is 0 Å². The third-order valence-electron chi connectivity index (χ3n) is 3.47. The van der Waals surface area contributed by atoms with Crippen molar-refractivity contribution < 1.29 is 0 Å². The Hall–Kier alpha value is -0.310. The van der Waals surface area contributed by atoms with Crippen LogP contribution in [-0.4, -0.2) is 14.6 Å². The van der Waals surface area contributed by atoms with Crippen LogP contribution in [0.2, 0.25) is 0 Å². The molecule has 0 aliphatic rings. The zero-order valence-corrected chi connectivity index (χ0v) is 14.0. The van der Waals surface area contributed by atoms with E-state index in [1.807, 2.05) is 0 Å². The highest BCUT2D eigenvalue weighted by molar-refractivity contribution is 9.09. The first-order valence-electron chi connectivity index (χ1n) is 7.06. The van der Waals surface area contributed by atoms with Crippen molar-refractivity contribution in [3.05, 3.63) is 18.0 Å². The van der Waals surface area contributed by atoms with E-state index in [0.29, 0.717) is 16.3 Å². The Balaban J connectivity index is 2.69. The fourth-order valence-corrected chi connectivity index (χ4v) is 3.54. The second-order valence-electron chi connectivity index (χ2n) is 6.08. The first-order chi connectivity index (χ1) is 8.38. The van der Waals surface area contributed by atoms with Gasteiger partial charge in [-0.05, 0) is 37.2 Å². The predicted molar refractivity (Wildman–Crippen MR) is 82.3 cm³/mol. The monoisotopic (exact) mass is 314 g/mol. The summed E-state index contributed by atoms with van der Waals surface area (Å²) < 4.78 is 2.14. The van der Waals surface area contributed by atoms with Crippen LogP contribution in [-0.2, 0) is 6.42 Å². The summed E-state index contributed by atoms with van der Waals surface area (Å²) >= 11 is 3.65. The van der Waals surface area contributed by atoms with Gasteiger partial charge in [-0.2, -0.15) is 5.10 Å². The minimum atomic E-state index is 0.302. The van der Waals surface area contributed by atoms with Gasteiger partial charge in [-0.25, -0.2) is 0 Å². The summed E-state index contributed by atoms with van der Waals surface area (Å²) in [5, 5.41) is 4.75. The van der Waals surface area contributed by atoms with Crippen LogP contribution < -0.4 is 0 Å². The molecular weight excluding hydrogens is 288 g/mol. The van der Waals surface area contributed by atoms with Crippen molar-refractivity contribution in [2.24, 2.45) is 5.41 Å². The van der Waals surface area contributed by atoms with Crippen LogP contribution in [0.3, 0.4) is 0 Å². The number of nitrogens with zero attached hydrogens (tertiary/aromatic N) is 2. The summed E-state index contributed by atoms with van der Waals surface area (Å²) in [5.74, 6) is 0. The average Bonchev–Trinajstić information content (AvgIpc) is 2.65. The van der Waals surface area contributed by atoms with Crippen molar-refractivity contribution in [1.29, 1.82) is 0 Å². The molecule has 1 aromatic rings. The van der Waals surface area contributed by atoms with Crippen LogP contribution in [0.5, 0.6) is 0 Å². The molecule has 2 nitrogen and oxygen atoms in total. The van der Waals surface area contributed by atoms with E-state index in [1.54, 1.807) is 0 Å². The van der Waals surface area contributed by atoms with Gasteiger partial charge in [0.25, 0.3) is 0 Å². The van der Waals surface area contributed by atoms with Crippen molar-refractivity contribution in [3.8, 4) is 0 Å². The molecule has 104 valence electrons. The molecule has 0 spiro atoms. The van der Waals surface area contributed by atoms with E-state index in [9.17, 15) is 0 Å². The summed E-state index contributed by atoms with van der Waals surface area (Å²) in [6.45, 7) is 11.3. The highest BCUT2D eigenvalue weighted by Crippen LogP contribution is 2.29. The smallest absolute Gasteiger partial charge is 0.0630 e. The number of aromatic nitrogens is 2. The van der Waals surface area contributed by atoms with Gasteiger partial charge >= 0.3 is 0 Å². The Kier molecular flexibility index (Phi) is 5.90. The maximum Gasteiger partial charge on any atom is 0.0630 e. The fraction of sp³-hybridized carbons (Fsp3) is 0.800. The first-order valence-corrected chi connectivity index (χ1v) is 7.97. The van der Waals surface area contributed by atoms with E-state index >= 15 is 0 Å². The second kappa shape index (κ2) is 6.74. The lowest BCUT2D eigenvalue weighted by atomic mass is 9.83. The van der Waals surface area contributed by atoms with Crippen LogP contribution in [0, 0.1) is 5.41 Å². The van der Waals surface area contributed by atoms with E-state index in [4.69, 9.17) is 5.10 Å². The van der Waals surface area contributed by atoms with Crippen molar-refractivity contribution >= 4 is 15.9 Å². The molecule has 0 N–H and O–H groups in total. The number of halogens is 1. The molecule has 0 saturated carbocycles. The van der Waals surface area contributed by atoms with Crippen molar-refractivity contribution in [1.82, 2.24) is 9.78 Å². The van der Waals surface area contributed by atoms with Gasteiger partial charge in [0.15, 0.2) is 0 Å². The zero-order valence-electron chi connectivity index (χ0n) is 12.4. The molecule has 0 radical (unpaired) electrons. The molecule has 1 rings (SSSR count). The Morgan fingerprint density at radius 3 is 2.44 bits per heavy atom.